The molecular weight excluding hydrogens is 1280 g/mol. The molecule has 2 fully saturated rings. The van der Waals surface area contributed by atoms with Gasteiger partial charge in [0, 0.05) is 89.9 Å². The van der Waals surface area contributed by atoms with Crippen molar-refractivity contribution in [2.45, 2.75) is 90.8 Å². The molecule has 8 heterocycles. The highest BCUT2D eigenvalue weighted by Crippen LogP contribution is 2.36. The number of amides is 2. The molecule has 26 nitrogen and oxygen atoms in total. The lowest BCUT2D eigenvalue weighted by Gasteiger charge is -2.37. The molecule has 29 heteroatoms. The highest BCUT2D eigenvalue weighted by molar-refractivity contribution is 7.52. The van der Waals surface area contributed by atoms with E-state index in [4.69, 9.17) is 58.8 Å². The lowest BCUT2D eigenvalue weighted by Crippen LogP contribution is -2.50. The highest BCUT2D eigenvalue weighted by Gasteiger charge is 2.33. The lowest BCUT2D eigenvalue weighted by molar-refractivity contribution is 0.0689. The van der Waals surface area contributed by atoms with Crippen LogP contribution in [-0.2, 0) is 45.8 Å². The molecule has 0 saturated carbocycles. The summed E-state index contributed by atoms with van der Waals surface area (Å²) in [6.45, 7) is 17.0. The van der Waals surface area contributed by atoms with Crippen LogP contribution in [0.25, 0.3) is 60.8 Å². The summed E-state index contributed by atoms with van der Waals surface area (Å²) in [5, 5.41) is 27.5. The Morgan fingerprint density at radius 3 is 1.39 bits per heavy atom. The molecule has 6 aromatic heterocycles. The minimum Gasteiger partial charge on any atom is -0.445 e. The molecule has 2 aliphatic rings. The van der Waals surface area contributed by atoms with Crippen molar-refractivity contribution in [3.8, 4) is 33.9 Å². The molecule has 2 aliphatic heterocycles. The number of benzene rings is 4. The number of anilines is 2. The maximum absolute atomic E-state index is 13.0. The van der Waals surface area contributed by atoms with Gasteiger partial charge in [-0.1, -0.05) is 115 Å². The number of carbonyl (C=O) groups excluding carboxylic acids is 2. The number of ether oxygens (including phenoxy) is 2. The number of carbonyl (C=O) groups is 2. The summed E-state index contributed by atoms with van der Waals surface area (Å²) in [6.07, 6.45) is 10.4. The monoisotopic (exact) mass is 1340 g/mol. The molecule has 0 radical (unpaired) electrons. The third kappa shape index (κ3) is 18.3. The molecule has 0 unspecified atom stereocenters. The molecule has 2 saturated heterocycles. The first kappa shape index (κ1) is 71.6. The van der Waals surface area contributed by atoms with Crippen LogP contribution in [0.5, 0.6) is 0 Å². The number of hydrogen-bond donors (Lipinski definition) is 6. The fourth-order valence-electron chi connectivity index (χ4n) is 10.9. The van der Waals surface area contributed by atoms with Gasteiger partial charge in [0.2, 0.25) is 17.5 Å². The van der Waals surface area contributed by atoms with Crippen LogP contribution < -0.4 is 22.3 Å². The number of rotatable bonds is 13. The Bertz CT molecular complexity index is 4340. The molecule has 0 aliphatic carbocycles. The molecule has 10 aromatic rings. The number of likely N-dealkylation sites (tertiary alicyclic amines) is 2. The van der Waals surface area contributed by atoms with Gasteiger partial charge in [-0.15, -0.1) is 17.4 Å². The Labute approximate surface area is 560 Å². The third-order valence-electron chi connectivity index (χ3n) is 15.6. The Morgan fingerprint density at radius 2 is 0.989 bits per heavy atom. The number of nitrogens with two attached hydrogens (primary N) is 2. The minimum atomic E-state index is -0.750. The van der Waals surface area contributed by atoms with Crippen LogP contribution in [0.15, 0.2) is 176 Å². The van der Waals surface area contributed by atoms with Crippen molar-refractivity contribution in [1.82, 2.24) is 48.8 Å². The quantitative estimate of drug-likeness (QED) is 0.0205. The standard InChI is InChI=1S/C33H34N8O3.C33H31N7O2.ClH.H3NO.2O2S/c1-21-17-35-32(36-24-14-13-22(2)40(18-24)33(42)44-20-23-9-5-3-6-10-23)38-29(21)27-19-41(25-11-7-4-8-12-25)31-26(27)15-16-28(37-31)30(34)39-43;1-22-18-35-32(36-25-15-14-23(2)39(19-25)33(41)42-21-24-10-6-4-7-11-24)38-30(22)28-20-40(26-12-8-5-9-13-26)31-27(28)16-17-29(34-3)37-31;;1-2;2*1-3-2/h3-12,15-17,19,22,24,43H,13-14,18,20H2,1-2H3,(H2,34,39)(H,35,36,38);4-13,16-18,20,23,25H,14-15,19,21H2,1-2H3,(H,35,36,38);1H;2H,1H2;;/t22-,24-;23-,25-;;;;/m11..../s1. The van der Waals surface area contributed by atoms with E-state index in [-0.39, 0.29) is 67.8 Å². The highest BCUT2D eigenvalue weighted by atomic mass is 35.5. The normalized spacial score (nSPS) is 15.6. The number of hydrogen-bond acceptors (Lipinski definition) is 20. The van der Waals surface area contributed by atoms with Crippen molar-refractivity contribution in [2.75, 3.05) is 23.7 Å². The van der Waals surface area contributed by atoms with E-state index in [1.54, 1.807) is 28.1 Å². The van der Waals surface area contributed by atoms with Crippen LogP contribution in [0.4, 0.5) is 27.3 Å². The molecular formula is C66H69ClN16O10S2. The number of amidine groups is 1. The number of aryl methyl sites for hydroxylation is 2. The number of piperidine rings is 2. The summed E-state index contributed by atoms with van der Waals surface area (Å²) in [6, 6.07) is 46.5. The van der Waals surface area contributed by atoms with Gasteiger partial charge in [0.25, 0.3) is 5.82 Å². The van der Waals surface area contributed by atoms with Gasteiger partial charge in [-0.25, -0.2) is 40.4 Å². The summed E-state index contributed by atoms with van der Waals surface area (Å²) in [7, 11) is 0. The van der Waals surface area contributed by atoms with Crippen molar-refractivity contribution in [3.05, 3.63) is 210 Å². The Hall–Kier alpha value is -10.8. The van der Waals surface area contributed by atoms with Gasteiger partial charge in [-0.2, -0.15) is 16.8 Å². The molecule has 8 N–H and O–H groups in total. The summed E-state index contributed by atoms with van der Waals surface area (Å²) in [5.41, 5.74) is 16.5. The average molecular weight is 1350 g/mol. The first-order chi connectivity index (χ1) is 45.7. The largest absolute Gasteiger partial charge is 0.445 e. The zero-order valence-corrected chi connectivity index (χ0v) is 54.5. The maximum atomic E-state index is 13.0. The summed E-state index contributed by atoms with van der Waals surface area (Å²) >= 11 is -1.50. The van der Waals surface area contributed by atoms with Gasteiger partial charge in [0.1, 0.15) is 24.6 Å². The molecule has 95 heavy (non-hydrogen) atoms. The van der Waals surface area contributed by atoms with Crippen molar-refractivity contribution in [2.24, 2.45) is 16.8 Å². The Morgan fingerprint density at radius 1 is 0.600 bits per heavy atom. The number of para-hydroxylation sites is 2. The summed E-state index contributed by atoms with van der Waals surface area (Å²) in [5.74, 6) is 4.74. The van der Waals surface area contributed by atoms with E-state index in [9.17, 15) is 14.8 Å². The number of pyridine rings is 2. The molecule has 0 bridgehead atoms. The molecule has 0 spiro atoms. The molecule has 4 atom stereocenters. The SMILES string of the molecule is Cc1cnc(N[C@@H]2CC[C@@H](C)N(C(=O)OCc3ccccc3)C2)nc1-c1cn(-c2ccccc2)c2nc(/C(N)=N/O)ccc12.Cl.NO.O=S=O.O=S=O.[C-]#[N+]c1ccc2c(-c3nc(N[C@@H]4CC[C@@H](C)N(C(=O)OCc5ccccc5)C4)ncc3C)cn(-c3ccccc3)c2n1. The zero-order valence-electron chi connectivity index (χ0n) is 52.0. The van der Waals surface area contributed by atoms with Gasteiger partial charge in [-0.05, 0) is 118 Å². The second-order valence-corrected chi connectivity index (χ2v) is 22.0. The second kappa shape index (κ2) is 35.3. The van der Waals surface area contributed by atoms with Gasteiger partial charge < -0.3 is 55.5 Å². The smallest absolute Gasteiger partial charge is 0.410 e. The first-order valence-electron chi connectivity index (χ1n) is 29.5. The van der Waals surface area contributed by atoms with Gasteiger partial charge in [-0.3, -0.25) is 4.57 Å². The van der Waals surface area contributed by atoms with Gasteiger partial charge in [0.15, 0.2) is 5.84 Å². The number of nitrogens with zero attached hydrogens (tertiary/aromatic N) is 12. The Kier molecular flexibility index (Phi) is 26.6. The van der Waals surface area contributed by atoms with E-state index >= 15 is 0 Å². The molecule has 2 amide bonds. The fraction of sp³-hybridized carbons (Fsp3) is 0.242. The van der Waals surface area contributed by atoms with Crippen LogP contribution in [-0.4, -0.2) is 131 Å². The van der Waals surface area contributed by atoms with Crippen LogP contribution in [0.3, 0.4) is 0 Å². The minimum absolute atomic E-state index is 0. The topological polar surface area (TPSA) is 348 Å². The number of aromatic nitrogens is 8. The van der Waals surface area contributed by atoms with Crippen LogP contribution >= 0.6 is 12.4 Å². The number of nitrogens with one attached hydrogen (secondary N) is 2. The summed E-state index contributed by atoms with van der Waals surface area (Å²) < 4.78 is 48.4. The van der Waals surface area contributed by atoms with E-state index in [1.807, 2.05) is 182 Å². The Balaban J connectivity index is 0.000000240. The second-order valence-electron chi connectivity index (χ2n) is 21.7. The summed E-state index contributed by atoms with van der Waals surface area (Å²) in [4.78, 5) is 61.5. The maximum Gasteiger partial charge on any atom is 0.410 e. The predicted octanol–water partition coefficient (Wildman–Crippen LogP) is 10.8. The van der Waals surface area contributed by atoms with E-state index in [1.165, 1.54) is 0 Å². The van der Waals surface area contributed by atoms with E-state index in [2.05, 4.69) is 48.4 Å². The first-order valence-corrected chi connectivity index (χ1v) is 30.8. The third-order valence-corrected chi connectivity index (χ3v) is 15.6. The van der Waals surface area contributed by atoms with Crippen LogP contribution in [0, 0.1) is 20.4 Å². The van der Waals surface area contributed by atoms with Crippen molar-refractivity contribution in [1.29, 1.82) is 0 Å². The van der Waals surface area contributed by atoms with Crippen molar-refractivity contribution < 1.29 is 46.3 Å². The zero-order chi connectivity index (χ0) is 67.1. The molecule has 12 rings (SSSR count). The number of fused-ring (bicyclic) bond motifs is 2. The van der Waals surface area contributed by atoms with E-state index in [0.29, 0.717) is 47.8 Å². The predicted molar refractivity (Wildman–Crippen MR) is 362 cm³/mol. The van der Waals surface area contributed by atoms with Crippen molar-refractivity contribution >= 4 is 93.4 Å². The van der Waals surface area contributed by atoms with Crippen LogP contribution in [0.2, 0.25) is 0 Å². The fourth-order valence-corrected chi connectivity index (χ4v) is 10.9. The molecule has 492 valence electrons. The number of halogens is 1. The molecule has 4 aromatic carbocycles. The van der Waals surface area contributed by atoms with E-state index < -0.39 is 23.1 Å². The lowest BCUT2D eigenvalue weighted by atomic mass is 10.00. The van der Waals surface area contributed by atoms with Crippen molar-refractivity contribution in [3.63, 3.8) is 0 Å². The number of oxime groups is 1. The van der Waals surface area contributed by atoms with Crippen LogP contribution in [0.1, 0.15) is 67.5 Å². The van der Waals surface area contributed by atoms with Gasteiger partial charge in [0.05, 0.1) is 16.8 Å². The average Bonchev–Trinajstić information content (AvgIpc) is 1.63. The van der Waals surface area contributed by atoms with E-state index in [0.717, 1.165) is 92.6 Å². The van der Waals surface area contributed by atoms with Gasteiger partial charge >= 0.3 is 35.3 Å².